The molecule has 0 aliphatic carbocycles. The lowest BCUT2D eigenvalue weighted by molar-refractivity contribution is -0.142. The molecule has 1 atom stereocenters. The number of carbonyl (C=O) groups excluding carboxylic acids is 5. The molecule has 1 rings (SSSR count). The van der Waals surface area contributed by atoms with E-state index >= 15 is 0 Å². The number of carbonyl (C=O) groups is 6. The lowest BCUT2D eigenvalue weighted by Gasteiger charge is -2.25. The maximum Gasteiger partial charge on any atom is 0.329 e. The van der Waals surface area contributed by atoms with Gasteiger partial charge in [-0.3, -0.25) is 24.1 Å². The summed E-state index contributed by atoms with van der Waals surface area (Å²) in [5, 5.41) is 13.4. The summed E-state index contributed by atoms with van der Waals surface area (Å²) in [6, 6.07) is 3.38. The van der Waals surface area contributed by atoms with Gasteiger partial charge in [0.05, 0.1) is 33.0 Å². The number of carboxylic acid groups (broad SMARTS) is 1. The third-order valence-corrected chi connectivity index (χ3v) is 5.20. The van der Waals surface area contributed by atoms with Crippen LogP contribution in [0.2, 0.25) is 0 Å². The molecule has 0 aromatic heterocycles. The minimum atomic E-state index is -1.16. The second kappa shape index (κ2) is 19.2. The van der Waals surface area contributed by atoms with Crippen LogP contribution in [0.5, 0.6) is 5.75 Å². The maximum atomic E-state index is 13.1. The van der Waals surface area contributed by atoms with Crippen LogP contribution in [0.25, 0.3) is 0 Å². The van der Waals surface area contributed by atoms with E-state index in [2.05, 4.69) is 10.6 Å². The molecule has 0 spiro atoms. The minimum Gasteiger partial charge on any atom is -0.483 e. The van der Waals surface area contributed by atoms with Gasteiger partial charge in [0.25, 0.3) is 11.8 Å². The lowest BCUT2D eigenvalue weighted by atomic mass is 10.0. The second-order valence-corrected chi connectivity index (χ2v) is 7.93. The second-order valence-electron chi connectivity index (χ2n) is 7.93. The van der Waals surface area contributed by atoms with Crippen molar-refractivity contribution in [1.29, 1.82) is 0 Å². The van der Waals surface area contributed by atoms with Crippen LogP contribution in [-0.2, 0) is 38.2 Å². The number of aldehydes is 1. The monoisotopic (exact) mass is 553 g/mol. The number of hydrogen-bond donors (Lipinski definition) is 3. The molecule has 0 saturated carbocycles. The molecular formula is C25H35N3O11. The van der Waals surface area contributed by atoms with Crippen molar-refractivity contribution in [2.45, 2.75) is 25.8 Å². The van der Waals surface area contributed by atoms with E-state index in [4.69, 9.17) is 24.1 Å². The highest BCUT2D eigenvalue weighted by Crippen LogP contribution is 2.23. The van der Waals surface area contributed by atoms with E-state index in [1.165, 1.54) is 19.2 Å². The molecule has 0 heterocycles. The summed E-state index contributed by atoms with van der Waals surface area (Å²) in [6.45, 7) is 2.26. The largest absolute Gasteiger partial charge is 0.483 e. The fraction of sp³-hybridized carbons (Fsp3) is 0.520. The number of rotatable bonds is 21. The first-order valence-electron chi connectivity index (χ1n) is 12.1. The molecule has 0 aliphatic heterocycles. The van der Waals surface area contributed by atoms with Crippen LogP contribution in [0.1, 0.15) is 28.8 Å². The Morgan fingerprint density at radius 1 is 1.00 bits per heavy atom. The topological polar surface area (TPSA) is 187 Å². The number of ether oxygens (including phenoxy) is 4. The smallest absolute Gasteiger partial charge is 0.329 e. The molecular weight excluding hydrogens is 518 g/mol. The summed E-state index contributed by atoms with van der Waals surface area (Å²) in [5.74, 6) is -2.56. The first-order valence-corrected chi connectivity index (χ1v) is 12.1. The molecule has 14 nitrogen and oxygen atoms in total. The molecule has 216 valence electrons. The summed E-state index contributed by atoms with van der Waals surface area (Å²) in [7, 11) is 1.36. The van der Waals surface area contributed by atoms with E-state index in [0.717, 1.165) is 4.90 Å². The van der Waals surface area contributed by atoms with Gasteiger partial charge < -0.3 is 39.5 Å². The molecule has 1 unspecified atom stereocenters. The van der Waals surface area contributed by atoms with Crippen molar-refractivity contribution in [2.75, 3.05) is 59.8 Å². The van der Waals surface area contributed by atoms with Crippen molar-refractivity contribution in [3.05, 3.63) is 29.3 Å². The first-order chi connectivity index (χ1) is 18.8. The Balaban J connectivity index is 2.50. The number of likely N-dealkylation sites (N-methyl/N-ethyl adjacent to an activating group) is 1. The molecule has 0 fully saturated rings. The van der Waals surface area contributed by atoms with Crippen LogP contribution in [0.4, 0.5) is 0 Å². The SMILES string of the molecule is CNC(=O)C(CCC=O)N(C=O)C(=O)c1cccc(OCC(=O)NCCOCCOCCOCC(=O)O)c1C. The Morgan fingerprint density at radius 3 is 2.28 bits per heavy atom. The van der Waals surface area contributed by atoms with E-state index in [1.54, 1.807) is 13.0 Å². The molecule has 0 saturated heterocycles. The minimum absolute atomic E-state index is 0.0165. The van der Waals surface area contributed by atoms with Crippen LogP contribution < -0.4 is 15.4 Å². The summed E-state index contributed by atoms with van der Waals surface area (Å²) in [4.78, 5) is 71.0. The average molecular weight is 554 g/mol. The van der Waals surface area contributed by atoms with Crippen molar-refractivity contribution in [3.63, 3.8) is 0 Å². The summed E-state index contributed by atoms with van der Waals surface area (Å²) in [5.41, 5.74) is 0.467. The van der Waals surface area contributed by atoms with Gasteiger partial charge in [0, 0.05) is 31.1 Å². The fourth-order valence-corrected chi connectivity index (χ4v) is 3.25. The number of amides is 4. The highest BCUT2D eigenvalue weighted by atomic mass is 16.5. The number of nitrogens with zero attached hydrogens (tertiary/aromatic N) is 1. The maximum absolute atomic E-state index is 13.1. The molecule has 0 aliphatic rings. The van der Waals surface area contributed by atoms with Crippen molar-refractivity contribution in [1.82, 2.24) is 15.5 Å². The Kier molecular flexibility index (Phi) is 16.3. The zero-order valence-corrected chi connectivity index (χ0v) is 22.0. The third-order valence-electron chi connectivity index (χ3n) is 5.20. The van der Waals surface area contributed by atoms with Gasteiger partial charge in [-0.2, -0.15) is 0 Å². The van der Waals surface area contributed by atoms with Crippen LogP contribution in [0.3, 0.4) is 0 Å². The standard InChI is InChI=1S/C25H35N3O11/c1-18-19(25(35)28(17-30)20(6-4-9-29)24(34)26-2)5-3-7-21(18)39-15-22(31)27-8-10-36-11-12-37-13-14-38-16-23(32)33/h3,5,7,9,17,20H,4,6,8,10-16H2,1-2H3,(H,26,34)(H,27,31)(H,32,33). The van der Waals surface area contributed by atoms with Crippen molar-refractivity contribution in [3.8, 4) is 5.75 Å². The molecule has 14 heteroatoms. The van der Waals surface area contributed by atoms with E-state index in [-0.39, 0.29) is 83.4 Å². The van der Waals surface area contributed by atoms with Crippen LogP contribution in [0.15, 0.2) is 18.2 Å². The Bertz CT molecular complexity index is 971. The van der Waals surface area contributed by atoms with E-state index in [0.29, 0.717) is 11.8 Å². The molecule has 1 aromatic rings. The molecule has 0 bridgehead atoms. The van der Waals surface area contributed by atoms with Crippen molar-refractivity contribution < 1.29 is 52.8 Å². The number of aliphatic carboxylic acids is 1. The van der Waals surface area contributed by atoms with Gasteiger partial charge in [-0.1, -0.05) is 6.07 Å². The van der Waals surface area contributed by atoms with Gasteiger partial charge in [0.2, 0.25) is 12.3 Å². The van der Waals surface area contributed by atoms with Gasteiger partial charge >= 0.3 is 5.97 Å². The van der Waals surface area contributed by atoms with E-state index < -0.39 is 29.7 Å². The van der Waals surface area contributed by atoms with E-state index in [9.17, 15) is 28.8 Å². The zero-order valence-electron chi connectivity index (χ0n) is 22.0. The molecule has 0 radical (unpaired) electrons. The average Bonchev–Trinajstić information content (AvgIpc) is 2.92. The zero-order chi connectivity index (χ0) is 29.0. The third kappa shape index (κ3) is 12.5. The summed E-state index contributed by atoms with van der Waals surface area (Å²) in [6.07, 6.45) is 0.805. The number of imide groups is 1. The van der Waals surface area contributed by atoms with Gasteiger partial charge in [-0.25, -0.2) is 4.79 Å². The first kappa shape index (κ1) is 33.1. The lowest BCUT2D eigenvalue weighted by Crippen LogP contribution is -2.48. The van der Waals surface area contributed by atoms with Crippen molar-refractivity contribution >= 4 is 36.4 Å². The highest BCUT2D eigenvalue weighted by molar-refractivity contribution is 6.04. The molecule has 39 heavy (non-hydrogen) atoms. The Hall–Kier alpha value is -3.88. The predicted molar refractivity (Wildman–Crippen MR) is 135 cm³/mol. The molecule has 3 N–H and O–H groups in total. The summed E-state index contributed by atoms with van der Waals surface area (Å²) >= 11 is 0. The molecule has 1 aromatic carbocycles. The number of benzene rings is 1. The van der Waals surface area contributed by atoms with Gasteiger partial charge in [0.15, 0.2) is 6.61 Å². The Labute approximate surface area is 225 Å². The fourth-order valence-electron chi connectivity index (χ4n) is 3.25. The van der Waals surface area contributed by atoms with Gasteiger partial charge in [0.1, 0.15) is 24.7 Å². The summed E-state index contributed by atoms with van der Waals surface area (Å²) < 4.78 is 20.9. The van der Waals surface area contributed by atoms with Crippen LogP contribution in [0, 0.1) is 6.92 Å². The quantitative estimate of drug-likeness (QED) is 0.129. The Morgan fingerprint density at radius 2 is 1.67 bits per heavy atom. The predicted octanol–water partition coefficient (Wildman–Crippen LogP) is -0.683. The van der Waals surface area contributed by atoms with E-state index in [1.807, 2.05) is 0 Å². The van der Waals surface area contributed by atoms with Crippen LogP contribution >= 0.6 is 0 Å². The highest BCUT2D eigenvalue weighted by Gasteiger charge is 2.30. The van der Waals surface area contributed by atoms with Gasteiger partial charge in [-0.05, 0) is 25.5 Å². The number of nitrogens with one attached hydrogen (secondary N) is 2. The van der Waals surface area contributed by atoms with Gasteiger partial charge in [-0.15, -0.1) is 0 Å². The normalized spacial score (nSPS) is 11.2. The number of hydrogen-bond acceptors (Lipinski definition) is 10. The molecule has 4 amide bonds. The van der Waals surface area contributed by atoms with Crippen molar-refractivity contribution in [2.24, 2.45) is 0 Å². The van der Waals surface area contributed by atoms with Crippen LogP contribution in [-0.4, -0.2) is 112 Å². The number of carboxylic acids is 1.